The zero-order valence-electron chi connectivity index (χ0n) is 44.5. The SMILES string of the molecule is C=C1N=C(C(C)C)NO1.CC(C)c1cc(=O)[nH]s1.CC(C)c1ncn[nH]1.CC(C)c1ns[nH]c1=O.CNC(=O)C(C)C.CNC(=O)C(C)C.Cc1cc(C(C)C)on1.Cc1cocc(C(C)C)c1=O. The summed E-state index contributed by atoms with van der Waals surface area (Å²) in [6, 6.07) is 3.61. The van der Waals surface area contributed by atoms with Gasteiger partial charge in [0.05, 0.1) is 18.2 Å². The van der Waals surface area contributed by atoms with E-state index >= 15 is 0 Å². The second kappa shape index (κ2) is 35.2. The molecule has 21 heteroatoms. The summed E-state index contributed by atoms with van der Waals surface area (Å²) in [4.78, 5) is 67.3. The Labute approximate surface area is 416 Å². The van der Waals surface area contributed by atoms with E-state index in [1.807, 2.05) is 82.2 Å². The summed E-state index contributed by atoms with van der Waals surface area (Å²) in [6.45, 7) is 39.0. The molecule has 6 rings (SSSR count). The minimum Gasteiger partial charge on any atom is -0.472 e. The van der Waals surface area contributed by atoms with E-state index < -0.39 is 0 Å². The molecule has 0 atom stereocenters. The number of hydroxylamine groups is 1. The van der Waals surface area contributed by atoms with Gasteiger partial charge in [0.2, 0.25) is 17.7 Å². The van der Waals surface area contributed by atoms with Gasteiger partial charge in [-0.25, -0.2) is 10.5 Å². The van der Waals surface area contributed by atoms with Gasteiger partial charge in [-0.05, 0) is 32.3 Å². The van der Waals surface area contributed by atoms with E-state index in [1.165, 1.54) is 30.4 Å². The molecule has 0 spiro atoms. The number of rotatable bonds is 8. The third-order valence-corrected chi connectivity index (χ3v) is 10.4. The number of hydrogen-bond donors (Lipinski definition) is 6. The third kappa shape index (κ3) is 28.9. The molecular weight excluding hydrogens is 923 g/mol. The molecule has 2 amide bonds. The van der Waals surface area contributed by atoms with Gasteiger partial charge in [-0.2, -0.15) is 14.5 Å². The number of carbonyl (C=O) groups excluding carboxylic acids is 2. The molecule has 388 valence electrons. The third-order valence-electron chi connectivity index (χ3n) is 8.66. The van der Waals surface area contributed by atoms with Crippen LogP contribution in [0.2, 0.25) is 0 Å². The van der Waals surface area contributed by atoms with Crippen molar-refractivity contribution in [1.82, 2.24) is 49.6 Å². The van der Waals surface area contributed by atoms with E-state index in [0.29, 0.717) is 40.8 Å². The van der Waals surface area contributed by atoms with E-state index in [1.54, 1.807) is 27.1 Å². The van der Waals surface area contributed by atoms with Crippen LogP contribution in [0.4, 0.5) is 0 Å². The molecule has 0 aliphatic carbocycles. The summed E-state index contributed by atoms with van der Waals surface area (Å²) < 4.78 is 19.0. The number of aliphatic imine (C=N–C) groups is 1. The van der Waals surface area contributed by atoms with Gasteiger partial charge in [0.25, 0.3) is 11.1 Å². The van der Waals surface area contributed by atoms with Crippen LogP contribution in [-0.4, -0.2) is 65.2 Å². The summed E-state index contributed by atoms with van der Waals surface area (Å²) >= 11 is 2.53. The fourth-order valence-corrected chi connectivity index (χ4v) is 5.67. The molecule has 5 aromatic rings. The fraction of sp³-hybridized carbons (Fsp3) is 0.583. The highest BCUT2D eigenvalue weighted by Gasteiger charge is 2.12. The van der Waals surface area contributed by atoms with Crippen LogP contribution in [-0.2, 0) is 14.4 Å². The Balaban J connectivity index is 0. The molecule has 6 N–H and O–H groups in total. The second-order valence-electron chi connectivity index (χ2n) is 17.8. The molecule has 0 saturated heterocycles. The maximum absolute atomic E-state index is 11.4. The molecule has 0 radical (unpaired) electrons. The predicted octanol–water partition coefficient (Wildman–Crippen LogP) is 9.44. The average molecular weight is 1000 g/mol. The number of nitrogens with one attached hydrogen (secondary N) is 6. The lowest BCUT2D eigenvalue weighted by Gasteiger charge is -2.02. The summed E-state index contributed by atoms with van der Waals surface area (Å²) in [6.07, 6.45) is 4.53. The number of nitrogens with zero attached hydrogens (tertiary/aromatic N) is 5. The Morgan fingerprint density at radius 1 is 0.725 bits per heavy atom. The van der Waals surface area contributed by atoms with Gasteiger partial charge < -0.3 is 24.4 Å². The molecule has 0 aromatic carbocycles. The standard InChI is InChI=1S/C9H12O2.C7H11NO.C6H10N2O.C6H9NOS.C5H9N3.C5H8N2OS.2C5H11NO/c1-6(2)8-5-11-4-7(3)9(8)10;1-5(2)7-4-6(3)8-9-7;1-4(2)6-7-5(3)9-8-6;1-4(2)5-3-6(8)7-9-5;1-4(2)5-6-3-7-8-5;1-3(2)4-5(8)7-9-6-4;2*1-4(2)5(7)6-3/h4-6H,1-3H3;4-5H,1-3H3;4H,3H2,1-2H3,(H,7,8);3-4H,1-2H3,(H,7,8);3-4H,1-2H3,(H,6,7,8);3H,1-2H3,(H,7,8);2*4H,1-3H3,(H,6,7). The first-order chi connectivity index (χ1) is 32.1. The summed E-state index contributed by atoms with van der Waals surface area (Å²) in [7, 11) is 3.28. The number of amidine groups is 1. The van der Waals surface area contributed by atoms with E-state index in [0.717, 1.165) is 45.3 Å². The van der Waals surface area contributed by atoms with E-state index in [-0.39, 0.29) is 52.0 Å². The zero-order chi connectivity index (χ0) is 53.6. The lowest BCUT2D eigenvalue weighted by atomic mass is 10.0. The quantitative estimate of drug-likeness (QED) is 0.0847. The van der Waals surface area contributed by atoms with E-state index in [4.69, 9.17) is 13.8 Å². The summed E-state index contributed by atoms with van der Waals surface area (Å²) in [5, 5.41) is 15.3. The highest BCUT2D eigenvalue weighted by atomic mass is 32.1. The van der Waals surface area contributed by atoms with Crippen molar-refractivity contribution in [3.63, 3.8) is 0 Å². The van der Waals surface area contributed by atoms with Crippen LogP contribution in [0.3, 0.4) is 0 Å². The molecule has 6 heterocycles. The molecule has 0 unspecified atom stereocenters. The first-order valence-corrected chi connectivity index (χ1v) is 24.4. The number of H-pyrrole nitrogens is 3. The van der Waals surface area contributed by atoms with Gasteiger partial charge in [0.15, 0.2) is 5.43 Å². The van der Waals surface area contributed by atoms with Gasteiger partial charge in [0, 0.05) is 89.5 Å². The first-order valence-electron chi connectivity index (χ1n) is 22.8. The zero-order valence-corrected chi connectivity index (χ0v) is 46.2. The highest BCUT2D eigenvalue weighted by Crippen LogP contribution is 2.15. The smallest absolute Gasteiger partial charge is 0.281 e. The number of aryl methyl sites for hydroxylation is 2. The van der Waals surface area contributed by atoms with E-state index in [9.17, 15) is 24.0 Å². The lowest BCUT2D eigenvalue weighted by Crippen LogP contribution is -2.22. The van der Waals surface area contributed by atoms with Crippen molar-refractivity contribution in [2.45, 2.75) is 154 Å². The molecule has 19 nitrogen and oxygen atoms in total. The molecule has 5 aromatic heterocycles. The average Bonchev–Trinajstić information content (AvgIpc) is 4.15. The van der Waals surface area contributed by atoms with Crippen molar-refractivity contribution in [2.24, 2.45) is 22.7 Å². The molecule has 1 aliphatic rings. The maximum atomic E-state index is 11.4. The molecule has 69 heavy (non-hydrogen) atoms. The van der Waals surface area contributed by atoms with Crippen molar-refractivity contribution < 1.29 is 23.4 Å². The Kier molecular flexibility index (Phi) is 33.2. The largest absolute Gasteiger partial charge is 0.472 e. The Morgan fingerprint density at radius 2 is 1.30 bits per heavy atom. The summed E-state index contributed by atoms with van der Waals surface area (Å²) in [5.74, 6) is 5.86. The molecule has 0 fully saturated rings. The normalized spacial score (nSPS) is 11.1. The van der Waals surface area contributed by atoms with Crippen molar-refractivity contribution in [3.8, 4) is 0 Å². The number of amides is 2. The van der Waals surface area contributed by atoms with E-state index in [2.05, 4.69) is 103 Å². The van der Waals surface area contributed by atoms with Crippen LogP contribution in [0, 0.1) is 31.6 Å². The number of aromatic amines is 3. The second-order valence-corrected chi connectivity index (χ2v) is 19.2. The van der Waals surface area contributed by atoms with Gasteiger partial charge in [-0.3, -0.25) is 37.8 Å². The maximum Gasteiger partial charge on any atom is 0.281 e. The fourth-order valence-electron chi connectivity index (χ4n) is 4.36. The number of carbonyl (C=O) groups is 2. The van der Waals surface area contributed by atoms with Crippen molar-refractivity contribution in [2.75, 3.05) is 14.1 Å². The molecule has 0 bridgehead atoms. The Hall–Kier alpha value is -5.96. The van der Waals surface area contributed by atoms with Gasteiger partial charge in [0.1, 0.15) is 29.4 Å². The minimum absolute atomic E-state index is 0.0173. The number of hydrogen-bond acceptors (Lipinski definition) is 16. The van der Waals surface area contributed by atoms with Gasteiger partial charge >= 0.3 is 0 Å². The molecular formula is C48H81N11O8S2. The van der Waals surface area contributed by atoms with Crippen LogP contribution in [0.5, 0.6) is 0 Å². The lowest BCUT2D eigenvalue weighted by molar-refractivity contribution is -0.124. The van der Waals surface area contributed by atoms with Crippen LogP contribution >= 0.6 is 23.3 Å². The Bertz CT molecular complexity index is 2340. The molecule has 0 saturated carbocycles. The van der Waals surface area contributed by atoms with Crippen molar-refractivity contribution >= 4 is 40.9 Å². The van der Waals surface area contributed by atoms with Gasteiger partial charge in [-0.1, -0.05) is 127 Å². The van der Waals surface area contributed by atoms with Gasteiger partial charge in [-0.15, -0.1) is 0 Å². The highest BCUT2D eigenvalue weighted by molar-refractivity contribution is 7.05. The van der Waals surface area contributed by atoms with Crippen LogP contribution < -0.4 is 32.7 Å². The first kappa shape index (κ1) is 65.1. The Morgan fingerprint density at radius 3 is 1.52 bits per heavy atom. The summed E-state index contributed by atoms with van der Waals surface area (Å²) in [5.41, 5.74) is 5.76. The van der Waals surface area contributed by atoms with Crippen LogP contribution in [0.15, 0.2) is 71.8 Å². The monoisotopic (exact) mass is 1000 g/mol. The predicted molar refractivity (Wildman–Crippen MR) is 279 cm³/mol. The van der Waals surface area contributed by atoms with Crippen LogP contribution in [0.1, 0.15) is 179 Å². The van der Waals surface area contributed by atoms with Crippen molar-refractivity contribution in [1.29, 1.82) is 0 Å². The van der Waals surface area contributed by atoms with Crippen LogP contribution in [0.25, 0.3) is 0 Å². The minimum atomic E-state index is -0.0463. The van der Waals surface area contributed by atoms with Crippen molar-refractivity contribution in [3.05, 3.63) is 113 Å². The molecule has 1 aliphatic heterocycles. The number of aromatic nitrogens is 7. The topological polar surface area (TPSA) is 268 Å².